The number of guanidine groups is 1. The Morgan fingerprint density at radius 1 is 1.33 bits per heavy atom. The third-order valence-corrected chi connectivity index (χ3v) is 3.86. The number of nitrogens with one attached hydrogen (secondary N) is 2. The summed E-state index contributed by atoms with van der Waals surface area (Å²) < 4.78 is 29.8. The first-order valence-corrected chi connectivity index (χ1v) is 7.80. The average Bonchev–Trinajstić information content (AvgIpc) is 2.44. The van der Waals surface area contributed by atoms with Crippen molar-refractivity contribution in [1.29, 1.82) is 0 Å². The fourth-order valence-electron chi connectivity index (χ4n) is 1.34. The van der Waals surface area contributed by atoms with Crippen molar-refractivity contribution >= 4 is 45.6 Å². The molecule has 0 aliphatic rings. The van der Waals surface area contributed by atoms with Crippen LogP contribution < -0.4 is 20.5 Å². The lowest BCUT2D eigenvalue weighted by atomic mass is 10.3. The molecule has 0 atom stereocenters. The lowest BCUT2D eigenvalue weighted by Gasteiger charge is -2.07. The summed E-state index contributed by atoms with van der Waals surface area (Å²) in [5.74, 6) is 1.03. The van der Waals surface area contributed by atoms with Gasteiger partial charge < -0.3 is 15.8 Å². The Labute approximate surface area is 142 Å². The Kier molecular flexibility index (Phi) is 9.29. The molecule has 120 valence electrons. The van der Waals surface area contributed by atoms with Crippen LogP contribution in [0.1, 0.15) is 6.92 Å². The highest BCUT2D eigenvalue weighted by molar-refractivity contribution is 14.0. The molecule has 0 aliphatic carbocycles. The van der Waals surface area contributed by atoms with Crippen LogP contribution in [0.5, 0.6) is 5.75 Å². The lowest BCUT2D eigenvalue weighted by Crippen LogP contribution is -2.29. The highest BCUT2D eigenvalue weighted by Gasteiger charge is 2.04. The number of sulfonamides is 1. The summed E-state index contributed by atoms with van der Waals surface area (Å²) in [5.41, 5.74) is 6.47. The van der Waals surface area contributed by atoms with Crippen LogP contribution in [-0.4, -0.2) is 40.3 Å². The van der Waals surface area contributed by atoms with Crippen molar-refractivity contribution in [3.8, 4) is 5.75 Å². The van der Waals surface area contributed by atoms with Gasteiger partial charge >= 0.3 is 0 Å². The molecule has 4 N–H and O–H groups in total. The maximum Gasteiger partial charge on any atom is 0.211 e. The van der Waals surface area contributed by atoms with Gasteiger partial charge in [0.25, 0.3) is 0 Å². The second kappa shape index (κ2) is 9.79. The van der Waals surface area contributed by atoms with Crippen molar-refractivity contribution < 1.29 is 13.2 Å². The first-order chi connectivity index (χ1) is 9.46. The number of halogens is 1. The van der Waals surface area contributed by atoms with Gasteiger partial charge in [0.1, 0.15) is 5.75 Å². The molecule has 0 aliphatic heterocycles. The molecular weight excluding hydrogens is 407 g/mol. The first-order valence-electron chi connectivity index (χ1n) is 6.15. The van der Waals surface area contributed by atoms with E-state index in [0.717, 1.165) is 11.4 Å². The van der Waals surface area contributed by atoms with E-state index < -0.39 is 10.0 Å². The number of benzene rings is 1. The van der Waals surface area contributed by atoms with Crippen molar-refractivity contribution in [2.75, 3.05) is 31.3 Å². The number of nitrogens with zero attached hydrogens (tertiary/aromatic N) is 1. The minimum absolute atomic E-state index is 0. The fourth-order valence-corrected chi connectivity index (χ4v) is 1.95. The molecule has 1 aromatic rings. The predicted octanol–water partition coefficient (Wildman–Crippen LogP) is 0.979. The molecule has 1 rings (SSSR count). The summed E-state index contributed by atoms with van der Waals surface area (Å²) in [6.45, 7) is 2.07. The molecule has 0 bridgehead atoms. The standard InChI is InChI=1S/C12H20N4O3S.HI/c1-3-20(17,18)15-9-8-14-12(13)16-10-4-6-11(19-2)7-5-10;/h4-7,15H,3,8-9H2,1-2H3,(H3,13,14,16);1H. The third-order valence-electron chi connectivity index (χ3n) is 2.46. The number of anilines is 1. The van der Waals surface area contributed by atoms with E-state index in [2.05, 4.69) is 15.0 Å². The van der Waals surface area contributed by atoms with E-state index in [-0.39, 0.29) is 48.8 Å². The molecule has 0 amide bonds. The molecule has 0 radical (unpaired) electrons. The molecule has 0 spiro atoms. The zero-order valence-corrected chi connectivity index (χ0v) is 15.1. The van der Waals surface area contributed by atoms with E-state index in [4.69, 9.17) is 10.5 Å². The van der Waals surface area contributed by atoms with Gasteiger partial charge in [0.2, 0.25) is 10.0 Å². The first kappa shape index (κ1) is 19.9. The van der Waals surface area contributed by atoms with Crippen LogP contribution in [0.25, 0.3) is 0 Å². The van der Waals surface area contributed by atoms with Gasteiger partial charge in [-0.3, -0.25) is 4.99 Å². The summed E-state index contributed by atoms with van der Waals surface area (Å²) in [7, 11) is -1.59. The normalized spacial score (nSPS) is 11.6. The number of nitrogens with two attached hydrogens (primary N) is 1. The van der Waals surface area contributed by atoms with Crippen molar-refractivity contribution in [3.05, 3.63) is 24.3 Å². The van der Waals surface area contributed by atoms with Gasteiger partial charge in [-0.05, 0) is 31.2 Å². The smallest absolute Gasteiger partial charge is 0.211 e. The number of hydrogen-bond donors (Lipinski definition) is 3. The second-order valence-electron chi connectivity index (χ2n) is 3.92. The van der Waals surface area contributed by atoms with E-state index in [1.165, 1.54) is 0 Å². The quantitative estimate of drug-likeness (QED) is 0.260. The molecule has 21 heavy (non-hydrogen) atoms. The van der Waals surface area contributed by atoms with E-state index in [9.17, 15) is 8.42 Å². The molecule has 0 saturated heterocycles. The number of methoxy groups -OCH3 is 1. The van der Waals surface area contributed by atoms with Crippen molar-refractivity contribution in [1.82, 2.24) is 4.72 Å². The zero-order chi connectivity index (χ0) is 15.0. The summed E-state index contributed by atoms with van der Waals surface area (Å²) in [4.78, 5) is 4.02. The summed E-state index contributed by atoms with van der Waals surface area (Å²) in [5, 5.41) is 2.90. The van der Waals surface area contributed by atoms with Gasteiger partial charge in [-0.2, -0.15) is 0 Å². The monoisotopic (exact) mass is 428 g/mol. The van der Waals surface area contributed by atoms with Gasteiger partial charge in [0, 0.05) is 12.2 Å². The predicted molar refractivity (Wildman–Crippen MR) is 96.0 cm³/mol. The summed E-state index contributed by atoms with van der Waals surface area (Å²) in [6.07, 6.45) is 0. The van der Waals surface area contributed by atoms with Crippen molar-refractivity contribution in [3.63, 3.8) is 0 Å². The largest absolute Gasteiger partial charge is 0.497 e. The Bertz CT molecular complexity index is 546. The Balaban J connectivity index is 0.00000400. The minimum Gasteiger partial charge on any atom is -0.497 e. The van der Waals surface area contributed by atoms with Crippen molar-refractivity contribution in [2.24, 2.45) is 10.7 Å². The summed E-state index contributed by atoms with van der Waals surface area (Å²) in [6, 6.07) is 7.21. The van der Waals surface area contributed by atoms with Crippen LogP contribution in [0.2, 0.25) is 0 Å². The Hall–Kier alpha value is -1.07. The second-order valence-corrected chi connectivity index (χ2v) is 6.01. The fraction of sp³-hybridized carbons (Fsp3) is 0.417. The summed E-state index contributed by atoms with van der Waals surface area (Å²) >= 11 is 0. The van der Waals surface area contributed by atoms with E-state index in [1.807, 2.05) is 0 Å². The van der Waals surface area contributed by atoms with E-state index >= 15 is 0 Å². The highest BCUT2D eigenvalue weighted by Crippen LogP contribution is 2.14. The van der Waals surface area contributed by atoms with Gasteiger partial charge in [-0.25, -0.2) is 13.1 Å². The average molecular weight is 428 g/mol. The Morgan fingerprint density at radius 2 is 1.95 bits per heavy atom. The van der Waals surface area contributed by atoms with Crippen LogP contribution in [0.4, 0.5) is 5.69 Å². The molecule has 1 aromatic carbocycles. The van der Waals surface area contributed by atoms with Gasteiger partial charge in [0.05, 0.1) is 19.4 Å². The van der Waals surface area contributed by atoms with Crippen LogP contribution >= 0.6 is 24.0 Å². The number of hydrogen-bond acceptors (Lipinski definition) is 4. The maximum absolute atomic E-state index is 11.2. The molecule has 7 nitrogen and oxygen atoms in total. The van der Waals surface area contributed by atoms with E-state index in [1.54, 1.807) is 38.3 Å². The number of ether oxygens (including phenoxy) is 1. The SMILES string of the molecule is CCS(=O)(=O)NCCN=C(N)Nc1ccc(OC)cc1.I. The van der Waals surface area contributed by atoms with Crippen LogP contribution in [0.15, 0.2) is 29.3 Å². The molecule has 9 heteroatoms. The van der Waals surface area contributed by atoms with Crippen LogP contribution in [0.3, 0.4) is 0 Å². The minimum atomic E-state index is -3.18. The molecule has 0 fully saturated rings. The number of rotatable bonds is 7. The maximum atomic E-state index is 11.2. The van der Waals surface area contributed by atoms with E-state index in [0.29, 0.717) is 0 Å². The van der Waals surface area contributed by atoms with Gasteiger partial charge in [0.15, 0.2) is 5.96 Å². The molecule has 0 aromatic heterocycles. The molecule has 0 saturated carbocycles. The van der Waals surface area contributed by atoms with Gasteiger partial charge in [-0.15, -0.1) is 24.0 Å². The number of aliphatic imine (C=N–C) groups is 1. The highest BCUT2D eigenvalue weighted by atomic mass is 127. The van der Waals surface area contributed by atoms with Gasteiger partial charge in [-0.1, -0.05) is 0 Å². The Morgan fingerprint density at radius 3 is 2.48 bits per heavy atom. The zero-order valence-electron chi connectivity index (χ0n) is 12.0. The molecule has 0 unspecified atom stereocenters. The topological polar surface area (TPSA) is 106 Å². The molecule has 0 heterocycles. The lowest BCUT2D eigenvalue weighted by molar-refractivity contribution is 0.415. The van der Waals surface area contributed by atoms with Crippen LogP contribution in [0, 0.1) is 0 Å². The third kappa shape index (κ3) is 8.07. The molecular formula is C12H21IN4O3S. The van der Waals surface area contributed by atoms with Crippen LogP contribution in [-0.2, 0) is 10.0 Å². The van der Waals surface area contributed by atoms with Crippen molar-refractivity contribution in [2.45, 2.75) is 6.92 Å².